The molecule has 0 aliphatic heterocycles. The van der Waals surface area contributed by atoms with E-state index in [1.807, 2.05) is 0 Å². The Morgan fingerprint density at radius 1 is 1.06 bits per heavy atom. The highest BCUT2D eigenvalue weighted by molar-refractivity contribution is 7.85. The number of hydrogen-bond acceptors (Lipinski definition) is 3. The molecule has 1 amide bonds. The molecular weight excluding hydrogens is 258 g/mol. The van der Waals surface area contributed by atoms with Crippen molar-refractivity contribution in [3.63, 3.8) is 0 Å². The van der Waals surface area contributed by atoms with Gasteiger partial charge >= 0.3 is 6.09 Å². The Hall–Kier alpha value is -2.12. The second-order valence-electron chi connectivity index (χ2n) is 3.63. The Balaban J connectivity index is 2.56. The van der Waals surface area contributed by atoms with Gasteiger partial charge in [0.2, 0.25) is 0 Å². The molecular formula is C11H9NO5S. The fourth-order valence-electron chi connectivity index (χ4n) is 1.59. The van der Waals surface area contributed by atoms with E-state index in [2.05, 4.69) is 5.32 Å². The van der Waals surface area contributed by atoms with Crippen LogP contribution in [0, 0.1) is 0 Å². The lowest BCUT2D eigenvalue weighted by molar-refractivity contribution is 0.209. The van der Waals surface area contributed by atoms with Crippen molar-refractivity contribution < 1.29 is 22.9 Å². The minimum atomic E-state index is -4.27. The highest BCUT2D eigenvalue weighted by Crippen LogP contribution is 2.22. The van der Waals surface area contributed by atoms with Crippen LogP contribution in [-0.4, -0.2) is 24.2 Å². The summed E-state index contributed by atoms with van der Waals surface area (Å²) in [6.07, 6.45) is -1.21. The van der Waals surface area contributed by atoms with Crippen LogP contribution in [0.3, 0.4) is 0 Å². The van der Waals surface area contributed by atoms with E-state index >= 15 is 0 Å². The molecule has 2 rings (SSSR count). The third-order valence-electron chi connectivity index (χ3n) is 2.36. The summed E-state index contributed by atoms with van der Waals surface area (Å²) < 4.78 is 30.9. The van der Waals surface area contributed by atoms with E-state index in [0.29, 0.717) is 11.1 Å². The molecule has 94 valence electrons. The number of benzene rings is 2. The van der Waals surface area contributed by atoms with Crippen LogP contribution in [0.1, 0.15) is 0 Å². The molecule has 2 aromatic rings. The standard InChI is InChI=1S/C11H9NO5S/c13-11(14)12-9-3-1-7-2-4-10(18(15,16)17)6-8(7)5-9/h1-6,12H,(H,13,14)(H,15,16,17). The molecule has 0 saturated heterocycles. The first-order valence-corrected chi connectivity index (χ1v) is 6.31. The van der Waals surface area contributed by atoms with Crippen LogP contribution in [0.2, 0.25) is 0 Å². The number of carboxylic acid groups (broad SMARTS) is 1. The number of rotatable bonds is 2. The normalized spacial score (nSPS) is 11.4. The van der Waals surface area contributed by atoms with E-state index < -0.39 is 16.2 Å². The topological polar surface area (TPSA) is 104 Å². The van der Waals surface area contributed by atoms with Crippen LogP contribution < -0.4 is 5.32 Å². The number of nitrogens with one attached hydrogen (secondary N) is 1. The number of fused-ring (bicyclic) bond motifs is 1. The number of hydrogen-bond donors (Lipinski definition) is 3. The predicted molar refractivity (Wildman–Crippen MR) is 65.4 cm³/mol. The Morgan fingerprint density at radius 2 is 1.72 bits per heavy atom. The van der Waals surface area contributed by atoms with Gasteiger partial charge in [-0.05, 0) is 35.0 Å². The van der Waals surface area contributed by atoms with E-state index in [-0.39, 0.29) is 4.90 Å². The van der Waals surface area contributed by atoms with Gasteiger partial charge in [0.25, 0.3) is 10.1 Å². The lowest BCUT2D eigenvalue weighted by Crippen LogP contribution is -2.06. The van der Waals surface area contributed by atoms with Crippen molar-refractivity contribution in [1.82, 2.24) is 0 Å². The van der Waals surface area contributed by atoms with Gasteiger partial charge in [0.1, 0.15) is 0 Å². The molecule has 0 radical (unpaired) electrons. The van der Waals surface area contributed by atoms with Gasteiger partial charge in [0.15, 0.2) is 0 Å². The molecule has 0 heterocycles. The van der Waals surface area contributed by atoms with Gasteiger partial charge < -0.3 is 5.11 Å². The molecule has 0 aliphatic carbocycles. The quantitative estimate of drug-likeness (QED) is 0.723. The third-order valence-corrected chi connectivity index (χ3v) is 3.21. The highest BCUT2D eigenvalue weighted by atomic mass is 32.2. The maximum Gasteiger partial charge on any atom is 0.409 e. The number of amides is 1. The zero-order valence-electron chi connectivity index (χ0n) is 8.99. The Kier molecular flexibility index (Phi) is 2.93. The van der Waals surface area contributed by atoms with Gasteiger partial charge in [-0.25, -0.2) is 4.79 Å². The van der Waals surface area contributed by atoms with Crippen LogP contribution >= 0.6 is 0 Å². The van der Waals surface area contributed by atoms with Crippen molar-refractivity contribution >= 4 is 32.7 Å². The maximum absolute atomic E-state index is 11.0. The summed E-state index contributed by atoms with van der Waals surface area (Å²) in [7, 11) is -4.27. The van der Waals surface area contributed by atoms with Crippen LogP contribution in [0.4, 0.5) is 10.5 Å². The summed E-state index contributed by atoms with van der Waals surface area (Å²) in [6.45, 7) is 0. The largest absolute Gasteiger partial charge is 0.465 e. The summed E-state index contributed by atoms with van der Waals surface area (Å²) in [5, 5.41) is 12.0. The second-order valence-corrected chi connectivity index (χ2v) is 5.05. The Bertz CT molecular complexity index is 723. The Labute approximate surface area is 103 Å². The molecule has 0 unspecified atom stereocenters. The van der Waals surface area contributed by atoms with Crippen molar-refractivity contribution in [3.05, 3.63) is 36.4 Å². The van der Waals surface area contributed by atoms with Gasteiger partial charge in [0.05, 0.1) is 4.90 Å². The lowest BCUT2D eigenvalue weighted by atomic mass is 10.1. The molecule has 6 nitrogen and oxygen atoms in total. The van der Waals surface area contributed by atoms with Gasteiger partial charge in [-0.1, -0.05) is 12.1 Å². The van der Waals surface area contributed by atoms with Crippen LogP contribution in [0.15, 0.2) is 41.3 Å². The van der Waals surface area contributed by atoms with Crippen molar-refractivity contribution in [2.24, 2.45) is 0 Å². The molecule has 18 heavy (non-hydrogen) atoms. The van der Waals surface area contributed by atoms with Crippen LogP contribution in [-0.2, 0) is 10.1 Å². The fraction of sp³-hybridized carbons (Fsp3) is 0. The van der Waals surface area contributed by atoms with Crippen LogP contribution in [0.5, 0.6) is 0 Å². The highest BCUT2D eigenvalue weighted by Gasteiger charge is 2.10. The average molecular weight is 267 g/mol. The zero-order chi connectivity index (χ0) is 13.3. The zero-order valence-corrected chi connectivity index (χ0v) is 9.81. The van der Waals surface area contributed by atoms with E-state index in [9.17, 15) is 13.2 Å². The molecule has 0 aliphatic rings. The molecule has 0 fully saturated rings. The third kappa shape index (κ3) is 2.58. The summed E-state index contributed by atoms with van der Waals surface area (Å²) in [6, 6.07) is 8.78. The van der Waals surface area contributed by atoms with Gasteiger partial charge in [-0.15, -0.1) is 0 Å². The monoisotopic (exact) mass is 267 g/mol. The SMILES string of the molecule is O=C(O)Nc1ccc2ccc(S(=O)(=O)O)cc2c1. The molecule has 0 aromatic heterocycles. The van der Waals surface area contributed by atoms with E-state index in [1.54, 1.807) is 12.1 Å². The van der Waals surface area contributed by atoms with Gasteiger partial charge in [-0.2, -0.15) is 8.42 Å². The maximum atomic E-state index is 11.0. The minimum absolute atomic E-state index is 0.234. The molecule has 3 N–H and O–H groups in total. The minimum Gasteiger partial charge on any atom is -0.465 e. The lowest BCUT2D eigenvalue weighted by Gasteiger charge is -2.04. The second kappa shape index (κ2) is 4.28. The van der Waals surface area contributed by atoms with E-state index in [4.69, 9.17) is 9.66 Å². The van der Waals surface area contributed by atoms with Crippen molar-refractivity contribution in [2.75, 3.05) is 5.32 Å². The molecule has 0 atom stereocenters. The van der Waals surface area contributed by atoms with Crippen molar-refractivity contribution in [1.29, 1.82) is 0 Å². The molecule has 7 heteroatoms. The van der Waals surface area contributed by atoms with Crippen molar-refractivity contribution in [3.8, 4) is 0 Å². The molecule has 0 spiro atoms. The smallest absolute Gasteiger partial charge is 0.409 e. The van der Waals surface area contributed by atoms with Gasteiger partial charge in [-0.3, -0.25) is 9.87 Å². The molecule has 0 saturated carbocycles. The number of anilines is 1. The summed E-state index contributed by atoms with van der Waals surface area (Å²) >= 11 is 0. The van der Waals surface area contributed by atoms with E-state index in [1.165, 1.54) is 24.3 Å². The van der Waals surface area contributed by atoms with E-state index in [0.717, 1.165) is 5.39 Å². The fourth-order valence-corrected chi connectivity index (χ4v) is 2.10. The first kappa shape index (κ1) is 12.3. The average Bonchev–Trinajstić information content (AvgIpc) is 2.26. The summed E-state index contributed by atoms with van der Waals surface area (Å²) in [5.41, 5.74) is 0.322. The summed E-state index contributed by atoms with van der Waals surface area (Å²) in [4.78, 5) is 10.3. The first-order chi connectivity index (χ1) is 8.36. The molecule has 0 bridgehead atoms. The Morgan fingerprint density at radius 3 is 2.33 bits per heavy atom. The summed E-state index contributed by atoms with van der Waals surface area (Å²) in [5.74, 6) is 0. The number of carbonyl (C=O) groups is 1. The van der Waals surface area contributed by atoms with Crippen LogP contribution in [0.25, 0.3) is 10.8 Å². The van der Waals surface area contributed by atoms with Crippen molar-refractivity contribution in [2.45, 2.75) is 4.90 Å². The first-order valence-electron chi connectivity index (χ1n) is 4.87. The molecule has 2 aromatic carbocycles. The predicted octanol–water partition coefficient (Wildman–Crippen LogP) is 2.18. The van der Waals surface area contributed by atoms with Gasteiger partial charge in [0, 0.05) is 5.69 Å².